The number of rotatable bonds is 7. The van der Waals surface area contributed by atoms with Crippen molar-refractivity contribution in [3.8, 4) is 0 Å². The highest BCUT2D eigenvalue weighted by atomic mass is 16.3. The summed E-state index contributed by atoms with van der Waals surface area (Å²) in [6, 6.07) is 17.6. The van der Waals surface area contributed by atoms with Crippen LogP contribution in [0.2, 0.25) is 0 Å². The molecular formula is C17H20N2O2. The lowest BCUT2D eigenvalue weighted by atomic mass is 10.1. The second-order valence-corrected chi connectivity index (χ2v) is 4.72. The molecule has 0 aromatic heterocycles. The van der Waals surface area contributed by atoms with Crippen molar-refractivity contribution >= 4 is 11.6 Å². The monoisotopic (exact) mass is 284 g/mol. The minimum Gasteiger partial charge on any atom is -0.395 e. The predicted molar refractivity (Wildman–Crippen MR) is 84.5 cm³/mol. The first-order chi connectivity index (χ1) is 10.3. The molecule has 4 nitrogen and oxygen atoms in total. The van der Waals surface area contributed by atoms with E-state index in [4.69, 9.17) is 5.11 Å². The Morgan fingerprint density at radius 1 is 0.952 bits per heavy atom. The zero-order chi connectivity index (χ0) is 14.9. The second-order valence-electron chi connectivity index (χ2n) is 4.72. The molecule has 0 saturated heterocycles. The van der Waals surface area contributed by atoms with Crippen LogP contribution in [0.1, 0.15) is 15.9 Å². The molecular weight excluding hydrogens is 264 g/mol. The zero-order valence-electron chi connectivity index (χ0n) is 11.9. The molecule has 1 amide bonds. The van der Waals surface area contributed by atoms with Crippen LogP contribution in [0.15, 0.2) is 54.6 Å². The Morgan fingerprint density at radius 2 is 1.67 bits per heavy atom. The van der Waals surface area contributed by atoms with Crippen molar-refractivity contribution in [1.82, 2.24) is 5.32 Å². The van der Waals surface area contributed by atoms with E-state index in [1.54, 1.807) is 12.1 Å². The van der Waals surface area contributed by atoms with Gasteiger partial charge in [0.25, 0.3) is 5.91 Å². The van der Waals surface area contributed by atoms with Gasteiger partial charge < -0.3 is 15.7 Å². The van der Waals surface area contributed by atoms with Gasteiger partial charge in [-0.25, -0.2) is 0 Å². The molecule has 0 bridgehead atoms. The number of nitrogens with one attached hydrogen (secondary N) is 2. The van der Waals surface area contributed by atoms with Gasteiger partial charge in [0, 0.05) is 24.3 Å². The third-order valence-electron chi connectivity index (χ3n) is 3.13. The minimum atomic E-state index is -0.167. The van der Waals surface area contributed by atoms with Gasteiger partial charge in [0.1, 0.15) is 0 Å². The molecule has 4 heteroatoms. The van der Waals surface area contributed by atoms with Crippen molar-refractivity contribution in [2.75, 3.05) is 25.0 Å². The van der Waals surface area contributed by atoms with Crippen molar-refractivity contribution in [1.29, 1.82) is 0 Å². The SMILES string of the molecule is O=C(NCCO)c1ccc(NCCc2ccccc2)cc1. The van der Waals surface area contributed by atoms with Crippen LogP contribution in [-0.4, -0.2) is 30.7 Å². The third-order valence-corrected chi connectivity index (χ3v) is 3.13. The number of aliphatic hydroxyl groups is 1. The Bertz CT molecular complexity index is 553. The summed E-state index contributed by atoms with van der Waals surface area (Å²) in [5, 5.41) is 14.6. The van der Waals surface area contributed by atoms with E-state index in [0.717, 1.165) is 18.7 Å². The van der Waals surface area contributed by atoms with Crippen LogP contribution in [-0.2, 0) is 6.42 Å². The highest BCUT2D eigenvalue weighted by Gasteiger charge is 2.03. The molecule has 3 N–H and O–H groups in total. The summed E-state index contributed by atoms with van der Waals surface area (Å²) < 4.78 is 0. The normalized spacial score (nSPS) is 10.1. The molecule has 0 radical (unpaired) electrons. The topological polar surface area (TPSA) is 61.4 Å². The molecule has 0 unspecified atom stereocenters. The number of hydrogen-bond acceptors (Lipinski definition) is 3. The Labute approximate surface area is 124 Å². The van der Waals surface area contributed by atoms with E-state index in [0.29, 0.717) is 5.56 Å². The van der Waals surface area contributed by atoms with Crippen LogP contribution in [0.4, 0.5) is 5.69 Å². The molecule has 2 aromatic rings. The molecule has 0 aliphatic heterocycles. The fourth-order valence-corrected chi connectivity index (χ4v) is 2.01. The largest absolute Gasteiger partial charge is 0.395 e. The van der Waals surface area contributed by atoms with Gasteiger partial charge in [-0.15, -0.1) is 0 Å². The first-order valence-electron chi connectivity index (χ1n) is 7.06. The fourth-order valence-electron chi connectivity index (χ4n) is 2.01. The van der Waals surface area contributed by atoms with Crippen molar-refractivity contribution in [2.45, 2.75) is 6.42 Å². The summed E-state index contributed by atoms with van der Waals surface area (Å²) >= 11 is 0. The maximum Gasteiger partial charge on any atom is 0.251 e. The quantitative estimate of drug-likeness (QED) is 0.729. The molecule has 21 heavy (non-hydrogen) atoms. The summed E-state index contributed by atoms with van der Waals surface area (Å²) in [4.78, 5) is 11.7. The molecule has 0 heterocycles. The number of hydrogen-bond donors (Lipinski definition) is 3. The number of aliphatic hydroxyl groups excluding tert-OH is 1. The van der Waals surface area contributed by atoms with E-state index in [1.165, 1.54) is 5.56 Å². The highest BCUT2D eigenvalue weighted by molar-refractivity contribution is 5.94. The minimum absolute atomic E-state index is 0.0507. The average molecular weight is 284 g/mol. The first-order valence-corrected chi connectivity index (χ1v) is 7.06. The summed E-state index contributed by atoms with van der Waals surface area (Å²) in [6.07, 6.45) is 0.958. The predicted octanol–water partition coefficient (Wildman–Crippen LogP) is 2.06. The van der Waals surface area contributed by atoms with Crippen molar-refractivity contribution in [2.24, 2.45) is 0 Å². The molecule has 0 spiro atoms. The van der Waals surface area contributed by atoms with Gasteiger partial charge in [0.2, 0.25) is 0 Å². The molecule has 110 valence electrons. The summed E-state index contributed by atoms with van der Waals surface area (Å²) in [5.74, 6) is -0.167. The average Bonchev–Trinajstić information content (AvgIpc) is 2.54. The van der Waals surface area contributed by atoms with Gasteiger partial charge in [0.05, 0.1) is 6.61 Å². The van der Waals surface area contributed by atoms with Gasteiger partial charge >= 0.3 is 0 Å². The Kier molecular flexibility index (Phi) is 5.79. The number of amides is 1. The number of carbonyl (C=O) groups is 1. The zero-order valence-corrected chi connectivity index (χ0v) is 11.9. The Hall–Kier alpha value is -2.33. The molecule has 2 rings (SSSR count). The first kappa shape index (κ1) is 15.1. The van der Waals surface area contributed by atoms with Crippen LogP contribution in [0, 0.1) is 0 Å². The maximum atomic E-state index is 11.7. The van der Waals surface area contributed by atoms with Crippen LogP contribution < -0.4 is 10.6 Å². The van der Waals surface area contributed by atoms with E-state index in [-0.39, 0.29) is 19.1 Å². The fraction of sp³-hybridized carbons (Fsp3) is 0.235. The highest BCUT2D eigenvalue weighted by Crippen LogP contribution is 2.10. The van der Waals surface area contributed by atoms with Crippen molar-refractivity contribution in [3.63, 3.8) is 0 Å². The van der Waals surface area contributed by atoms with E-state index >= 15 is 0 Å². The van der Waals surface area contributed by atoms with Crippen molar-refractivity contribution < 1.29 is 9.90 Å². The Balaban J connectivity index is 1.81. The third kappa shape index (κ3) is 4.93. The molecule has 0 aliphatic rings. The van der Waals surface area contributed by atoms with E-state index in [9.17, 15) is 4.79 Å². The van der Waals surface area contributed by atoms with Crippen LogP contribution in [0.3, 0.4) is 0 Å². The maximum absolute atomic E-state index is 11.7. The number of carbonyl (C=O) groups excluding carboxylic acids is 1. The van der Waals surface area contributed by atoms with E-state index < -0.39 is 0 Å². The van der Waals surface area contributed by atoms with Gasteiger partial charge in [-0.1, -0.05) is 30.3 Å². The lowest BCUT2D eigenvalue weighted by Crippen LogP contribution is -2.26. The van der Waals surface area contributed by atoms with E-state index in [1.807, 2.05) is 30.3 Å². The Morgan fingerprint density at radius 3 is 2.33 bits per heavy atom. The molecule has 0 fully saturated rings. The number of anilines is 1. The lowest BCUT2D eigenvalue weighted by molar-refractivity contribution is 0.0945. The summed E-state index contributed by atoms with van der Waals surface area (Å²) in [7, 11) is 0. The standard InChI is InChI=1S/C17H20N2O2/c20-13-12-19-17(21)15-6-8-16(9-7-15)18-11-10-14-4-2-1-3-5-14/h1-9,18,20H,10-13H2,(H,19,21). The van der Waals surface area contributed by atoms with Gasteiger partial charge in [-0.2, -0.15) is 0 Å². The summed E-state index contributed by atoms with van der Waals surface area (Å²) in [5.41, 5.74) is 2.88. The van der Waals surface area contributed by atoms with Crippen LogP contribution in [0.25, 0.3) is 0 Å². The lowest BCUT2D eigenvalue weighted by Gasteiger charge is -2.08. The van der Waals surface area contributed by atoms with Gasteiger partial charge in [-0.3, -0.25) is 4.79 Å². The van der Waals surface area contributed by atoms with Crippen LogP contribution in [0.5, 0.6) is 0 Å². The van der Waals surface area contributed by atoms with Crippen LogP contribution >= 0.6 is 0 Å². The molecule has 2 aromatic carbocycles. The number of benzene rings is 2. The summed E-state index contributed by atoms with van der Waals surface area (Å²) in [6.45, 7) is 1.07. The second kappa shape index (κ2) is 8.07. The molecule has 0 atom stereocenters. The molecule has 0 saturated carbocycles. The van der Waals surface area contributed by atoms with E-state index in [2.05, 4.69) is 22.8 Å². The van der Waals surface area contributed by atoms with Gasteiger partial charge in [0.15, 0.2) is 0 Å². The van der Waals surface area contributed by atoms with Gasteiger partial charge in [-0.05, 0) is 36.2 Å². The van der Waals surface area contributed by atoms with Crippen molar-refractivity contribution in [3.05, 3.63) is 65.7 Å². The molecule has 0 aliphatic carbocycles. The smallest absolute Gasteiger partial charge is 0.251 e.